The van der Waals surface area contributed by atoms with Gasteiger partial charge in [-0.25, -0.2) is 14.7 Å². The van der Waals surface area contributed by atoms with Crippen molar-refractivity contribution in [3.63, 3.8) is 0 Å². The first kappa shape index (κ1) is 17.0. The van der Waals surface area contributed by atoms with E-state index in [4.69, 9.17) is 14.3 Å². The van der Waals surface area contributed by atoms with Crippen LogP contribution < -0.4 is 5.06 Å². The Hall–Kier alpha value is -2.34. The van der Waals surface area contributed by atoms with Crippen molar-refractivity contribution in [3.8, 4) is 0 Å². The predicted molar refractivity (Wildman–Crippen MR) is 84.6 cm³/mol. The van der Waals surface area contributed by atoms with Crippen molar-refractivity contribution >= 4 is 17.6 Å². The second-order valence-electron chi connectivity index (χ2n) is 5.01. The molecule has 2 rings (SSSR count). The molecule has 0 aromatic heterocycles. The van der Waals surface area contributed by atoms with Gasteiger partial charge in [0.2, 0.25) is 0 Å². The number of para-hydroxylation sites is 1. The summed E-state index contributed by atoms with van der Waals surface area (Å²) in [6.07, 6.45) is 1.14. The molecule has 1 saturated heterocycles. The minimum absolute atomic E-state index is 0.0864. The number of hydrogen-bond donors (Lipinski definition) is 0. The average molecular weight is 319 g/mol. The van der Waals surface area contributed by atoms with Crippen LogP contribution in [0.4, 0.5) is 5.69 Å². The quantitative estimate of drug-likeness (QED) is 0.455. The first-order chi connectivity index (χ1) is 11.1. The van der Waals surface area contributed by atoms with Gasteiger partial charge in [-0.3, -0.25) is 4.84 Å². The summed E-state index contributed by atoms with van der Waals surface area (Å²) in [5.74, 6) is -1.38. The number of ether oxygens (including phenoxy) is 2. The van der Waals surface area contributed by atoms with E-state index in [0.29, 0.717) is 5.69 Å². The fraction of sp³-hybridized carbons (Fsp3) is 0.412. The topological polar surface area (TPSA) is 65.1 Å². The van der Waals surface area contributed by atoms with Gasteiger partial charge in [0, 0.05) is 6.42 Å². The lowest BCUT2D eigenvalue weighted by molar-refractivity contribution is -0.165. The number of benzene rings is 1. The Bertz CT molecular complexity index is 554. The van der Waals surface area contributed by atoms with E-state index in [1.54, 1.807) is 44.2 Å². The van der Waals surface area contributed by atoms with Crippen LogP contribution in [0.15, 0.2) is 43.0 Å². The third-order valence-electron chi connectivity index (χ3n) is 3.56. The standard InChI is InChI=1S/C17H21NO5/c1-4-14-12-17(15(19)21-5-2,16(20)22-6-3)18(23-14)13-10-8-7-9-11-13/h4,7-11,14H,1,5-6,12H2,2-3H3. The zero-order chi connectivity index (χ0) is 16.9. The van der Waals surface area contributed by atoms with Gasteiger partial charge in [0.25, 0.3) is 5.54 Å². The summed E-state index contributed by atoms with van der Waals surface area (Å²) in [7, 11) is 0. The van der Waals surface area contributed by atoms with E-state index in [1.165, 1.54) is 5.06 Å². The van der Waals surface area contributed by atoms with Crippen molar-refractivity contribution in [2.24, 2.45) is 0 Å². The molecule has 1 aromatic rings. The minimum atomic E-state index is -1.67. The molecule has 0 bridgehead atoms. The molecule has 1 unspecified atom stereocenters. The predicted octanol–water partition coefficient (Wildman–Crippen LogP) is 2.25. The van der Waals surface area contributed by atoms with Crippen molar-refractivity contribution in [2.75, 3.05) is 18.3 Å². The Morgan fingerprint density at radius 3 is 2.30 bits per heavy atom. The molecule has 23 heavy (non-hydrogen) atoms. The highest BCUT2D eigenvalue weighted by atomic mass is 16.7. The lowest BCUT2D eigenvalue weighted by Crippen LogP contribution is -2.58. The van der Waals surface area contributed by atoms with Gasteiger partial charge in [0.15, 0.2) is 0 Å². The first-order valence-corrected chi connectivity index (χ1v) is 7.59. The number of carbonyl (C=O) groups excluding carboxylic acids is 2. The molecule has 0 aliphatic carbocycles. The summed E-state index contributed by atoms with van der Waals surface area (Å²) >= 11 is 0. The van der Waals surface area contributed by atoms with E-state index in [1.807, 2.05) is 6.07 Å². The van der Waals surface area contributed by atoms with E-state index in [-0.39, 0.29) is 19.6 Å². The molecule has 6 heteroatoms. The Balaban J connectivity index is 2.52. The van der Waals surface area contributed by atoms with E-state index in [0.717, 1.165) is 0 Å². The molecule has 1 aliphatic heterocycles. The highest BCUT2D eigenvalue weighted by Gasteiger charge is 2.61. The molecule has 0 spiro atoms. The van der Waals surface area contributed by atoms with Crippen molar-refractivity contribution in [3.05, 3.63) is 43.0 Å². The molecule has 0 amide bonds. The maximum Gasteiger partial charge on any atom is 0.346 e. The van der Waals surface area contributed by atoms with Gasteiger partial charge in [-0.1, -0.05) is 24.3 Å². The van der Waals surface area contributed by atoms with Crippen molar-refractivity contribution in [2.45, 2.75) is 31.9 Å². The zero-order valence-electron chi connectivity index (χ0n) is 13.4. The van der Waals surface area contributed by atoms with Crippen molar-refractivity contribution in [1.29, 1.82) is 0 Å². The molecule has 6 nitrogen and oxygen atoms in total. The second kappa shape index (κ2) is 7.28. The summed E-state index contributed by atoms with van der Waals surface area (Å²) < 4.78 is 10.3. The Morgan fingerprint density at radius 1 is 1.26 bits per heavy atom. The Labute approximate surface area is 135 Å². The number of anilines is 1. The number of esters is 2. The van der Waals surface area contributed by atoms with E-state index < -0.39 is 23.6 Å². The molecular weight excluding hydrogens is 298 g/mol. The smallest absolute Gasteiger partial charge is 0.346 e. The van der Waals surface area contributed by atoms with Crippen molar-refractivity contribution in [1.82, 2.24) is 0 Å². The zero-order valence-corrected chi connectivity index (χ0v) is 13.4. The molecule has 0 radical (unpaired) electrons. The number of carbonyl (C=O) groups is 2. The van der Waals surface area contributed by atoms with Crippen LogP contribution in [0.25, 0.3) is 0 Å². The van der Waals surface area contributed by atoms with E-state index in [9.17, 15) is 9.59 Å². The van der Waals surface area contributed by atoms with Gasteiger partial charge >= 0.3 is 11.9 Å². The molecular formula is C17H21NO5. The summed E-state index contributed by atoms with van der Waals surface area (Å²) in [4.78, 5) is 31.1. The molecule has 1 atom stereocenters. The molecule has 1 aromatic carbocycles. The summed E-state index contributed by atoms with van der Waals surface area (Å²) in [6, 6.07) is 8.92. The van der Waals surface area contributed by atoms with Crippen LogP contribution >= 0.6 is 0 Å². The number of rotatable bonds is 6. The summed E-state index contributed by atoms with van der Waals surface area (Å²) in [6.45, 7) is 7.37. The van der Waals surface area contributed by atoms with Gasteiger partial charge in [-0.05, 0) is 26.0 Å². The summed E-state index contributed by atoms with van der Waals surface area (Å²) in [5.41, 5.74) is -1.11. The lowest BCUT2D eigenvalue weighted by atomic mass is 9.92. The Morgan fingerprint density at radius 2 is 1.83 bits per heavy atom. The van der Waals surface area contributed by atoms with Gasteiger partial charge in [0.1, 0.15) is 6.10 Å². The van der Waals surface area contributed by atoms with Gasteiger partial charge in [-0.15, -0.1) is 6.58 Å². The van der Waals surface area contributed by atoms with E-state index in [2.05, 4.69) is 6.58 Å². The normalized spacial score (nSPS) is 19.2. The average Bonchev–Trinajstić information content (AvgIpc) is 2.97. The third-order valence-corrected chi connectivity index (χ3v) is 3.56. The maximum atomic E-state index is 12.6. The number of hydroxylamine groups is 1. The lowest BCUT2D eigenvalue weighted by Gasteiger charge is -2.32. The molecule has 0 saturated carbocycles. The van der Waals surface area contributed by atoms with Crippen LogP contribution in [0.1, 0.15) is 20.3 Å². The second-order valence-corrected chi connectivity index (χ2v) is 5.01. The van der Waals surface area contributed by atoms with E-state index >= 15 is 0 Å². The van der Waals surface area contributed by atoms with Gasteiger partial charge in [-0.2, -0.15) is 0 Å². The number of nitrogens with zero attached hydrogens (tertiary/aromatic N) is 1. The highest BCUT2D eigenvalue weighted by molar-refractivity contribution is 6.08. The maximum absolute atomic E-state index is 12.6. The molecule has 0 N–H and O–H groups in total. The molecule has 1 aliphatic rings. The Kier molecular flexibility index (Phi) is 5.39. The fourth-order valence-corrected chi connectivity index (χ4v) is 2.52. The van der Waals surface area contributed by atoms with Crippen LogP contribution in [0.2, 0.25) is 0 Å². The van der Waals surface area contributed by atoms with Crippen LogP contribution in [-0.2, 0) is 23.9 Å². The SMILES string of the molecule is C=CC1CC(C(=O)OCC)(C(=O)OCC)N(c2ccccc2)O1. The number of hydrogen-bond acceptors (Lipinski definition) is 6. The first-order valence-electron chi connectivity index (χ1n) is 7.59. The molecule has 1 heterocycles. The summed E-state index contributed by atoms with van der Waals surface area (Å²) in [5, 5.41) is 1.29. The molecule has 124 valence electrons. The fourth-order valence-electron chi connectivity index (χ4n) is 2.52. The van der Waals surface area contributed by atoms with Crippen LogP contribution in [0, 0.1) is 0 Å². The minimum Gasteiger partial charge on any atom is -0.464 e. The monoisotopic (exact) mass is 319 g/mol. The van der Waals surface area contributed by atoms with Crippen LogP contribution in [0.3, 0.4) is 0 Å². The van der Waals surface area contributed by atoms with Gasteiger partial charge in [0.05, 0.1) is 18.9 Å². The third kappa shape index (κ3) is 3.07. The highest BCUT2D eigenvalue weighted by Crippen LogP contribution is 2.38. The molecule has 1 fully saturated rings. The van der Waals surface area contributed by atoms with Crippen LogP contribution in [-0.4, -0.2) is 36.8 Å². The largest absolute Gasteiger partial charge is 0.464 e. The van der Waals surface area contributed by atoms with Crippen LogP contribution in [0.5, 0.6) is 0 Å². The van der Waals surface area contributed by atoms with Gasteiger partial charge < -0.3 is 9.47 Å². The van der Waals surface area contributed by atoms with Crippen molar-refractivity contribution < 1.29 is 23.9 Å².